The maximum absolute atomic E-state index is 12.2. The second kappa shape index (κ2) is 8.35. The molecule has 0 aromatic heterocycles. The lowest BCUT2D eigenvalue weighted by Gasteiger charge is -2.24. The Morgan fingerprint density at radius 2 is 1.85 bits per heavy atom. The Kier molecular flexibility index (Phi) is 6.77. The third-order valence-electron chi connectivity index (χ3n) is 2.91. The van der Waals surface area contributed by atoms with Crippen LogP contribution in [-0.4, -0.2) is 29.9 Å². The number of nitrogens with zero attached hydrogens (tertiary/aromatic N) is 1. The molecule has 0 spiro atoms. The summed E-state index contributed by atoms with van der Waals surface area (Å²) in [5.74, 6) is -0.291. The molecule has 4 heteroatoms. The molecule has 0 radical (unpaired) electrons. The van der Waals surface area contributed by atoms with E-state index in [9.17, 15) is 9.59 Å². The van der Waals surface area contributed by atoms with Gasteiger partial charge in [0.1, 0.15) is 0 Å². The van der Waals surface area contributed by atoms with Crippen molar-refractivity contribution in [2.24, 2.45) is 5.92 Å². The number of carbonyl (C=O) groups is 2. The van der Waals surface area contributed by atoms with E-state index in [2.05, 4.69) is 0 Å². The van der Waals surface area contributed by atoms with E-state index in [1.165, 1.54) is 0 Å². The molecule has 1 aromatic rings. The zero-order valence-corrected chi connectivity index (χ0v) is 12.5. The van der Waals surface area contributed by atoms with E-state index in [0.717, 1.165) is 5.56 Å². The van der Waals surface area contributed by atoms with Crippen molar-refractivity contribution in [1.82, 2.24) is 4.90 Å². The molecule has 0 aliphatic heterocycles. The Balaban J connectivity index is 2.66. The number of ether oxygens (including phenoxy) is 1. The summed E-state index contributed by atoms with van der Waals surface area (Å²) in [5.41, 5.74) is 1.06. The zero-order chi connectivity index (χ0) is 15.0. The molecule has 1 amide bonds. The van der Waals surface area contributed by atoms with Crippen molar-refractivity contribution in [3.05, 3.63) is 35.9 Å². The summed E-state index contributed by atoms with van der Waals surface area (Å²) in [6.45, 7) is 6.80. The molecule has 0 heterocycles. The quantitative estimate of drug-likeness (QED) is 0.720. The molecule has 1 aromatic carbocycles. The summed E-state index contributed by atoms with van der Waals surface area (Å²) in [4.78, 5) is 25.3. The van der Waals surface area contributed by atoms with Gasteiger partial charge in [-0.15, -0.1) is 0 Å². The summed E-state index contributed by atoms with van der Waals surface area (Å²) < 4.78 is 4.91. The first kappa shape index (κ1) is 16.2. The minimum Gasteiger partial charge on any atom is -0.466 e. The lowest BCUT2D eigenvalue weighted by Crippen LogP contribution is -2.35. The second-order valence-corrected chi connectivity index (χ2v) is 4.96. The van der Waals surface area contributed by atoms with E-state index < -0.39 is 0 Å². The molecule has 0 saturated carbocycles. The largest absolute Gasteiger partial charge is 0.466 e. The van der Waals surface area contributed by atoms with Gasteiger partial charge in [-0.1, -0.05) is 44.2 Å². The molecule has 0 bridgehead atoms. The summed E-state index contributed by atoms with van der Waals surface area (Å²) in [7, 11) is 0. The number of esters is 1. The van der Waals surface area contributed by atoms with Gasteiger partial charge < -0.3 is 9.64 Å². The predicted octanol–water partition coefficient (Wildman–Crippen LogP) is 2.62. The highest BCUT2D eigenvalue weighted by atomic mass is 16.5. The molecule has 20 heavy (non-hydrogen) atoms. The van der Waals surface area contributed by atoms with E-state index in [0.29, 0.717) is 19.7 Å². The van der Waals surface area contributed by atoms with Crippen molar-refractivity contribution >= 4 is 11.9 Å². The van der Waals surface area contributed by atoms with Crippen LogP contribution in [0.15, 0.2) is 30.3 Å². The SMILES string of the molecule is CCOC(=O)CCN(Cc1ccccc1)C(=O)C(C)C. The normalized spacial score (nSPS) is 10.4. The van der Waals surface area contributed by atoms with Crippen molar-refractivity contribution in [2.75, 3.05) is 13.2 Å². The van der Waals surface area contributed by atoms with Gasteiger partial charge in [-0.2, -0.15) is 0 Å². The molecule has 0 saturated heterocycles. The summed E-state index contributed by atoms with van der Waals surface area (Å²) in [5, 5.41) is 0. The Morgan fingerprint density at radius 1 is 1.20 bits per heavy atom. The van der Waals surface area contributed by atoms with Crippen molar-refractivity contribution in [2.45, 2.75) is 33.7 Å². The van der Waals surface area contributed by atoms with Crippen molar-refractivity contribution < 1.29 is 14.3 Å². The summed E-state index contributed by atoms with van der Waals surface area (Å²) >= 11 is 0. The number of amides is 1. The number of benzene rings is 1. The highest BCUT2D eigenvalue weighted by Gasteiger charge is 2.18. The van der Waals surface area contributed by atoms with Crippen LogP contribution in [-0.2, 0) is 20.9 Å². The molecule has 0 aliphatic rings. The van der Waals surface area contributed by atoms with Gasteiger partial charge >= 0.3 is 5.97 Å². The lowest BCUT2D eigenvalue weighted by molar-refractivity contribution is -0.144. The van der Waals surface area contributed by atoms with Crippen LogP contribution >= 0.6 is 0 Å². The molecule has 4 nitrogen and oxygen atoms in total. The van der Waals surface area contributed by atoms with E-state index in [4.69, 9.17) is 4.74 Å². The zero-order valence-electron chi connectivity index (χ0n) is 12.5. The summed E-state index contributed by atoms with van der Waals surface area (Å²) in [6.07, 6.45) is 0.235. The van der Waals surface area contributed by atoms with Gasteiger partial charge in [-0.3, -0.25) is 9.59 Å². The van der Waals surface area contributed by atoms with E-state index in [1.54, 1.807) is 11.8 Å². The predicted molar refractivity (Wildman–Crippen MR) is 77.9 cm³/mol. The molecular formula is C16H23NO3. The number of hydrogen-bond donors (Lipinski definition) is 0. The Morgan fingerprint density at radius 3 is 2.40 bits per heavy atom. The minimum absolute atomic E-state index is 0.0538. The smallest absolute Gasteiger partial charge is 0.307 e. The molecule has 110 valence electrons. The van der Waals surface area contributed by atoms with Gasteiger partial charge in [0.25, 0.3) is 0 Å². The van der Waals surface area contributed by atoms with Gasteiger partial charge in [0.15, 0.2) is 0 Å². The molecule has 0 atom stereocenters. The fraction of sp³-hybridized carbons (Fsp3) is 0.500. The lowest BCUT2D eigenvalue weighted by atomic mass is 10.1. The molecule has 0 N–H and O–H groups in total. The van der Waals surface area contributed by atoms with Gasteiger partial charge in [-0.05, 0) is 12.5 Å². The standard InChI is InChI=1S/C16H23NO3/c1-4-20-15(18)10-11-17(16(19)13(2)3)12-14-8-6-5-7-9-14/h5-9,13H,4,10-12H2,1-3H3. The van der Waals surface area contributed by atoms with Crippen LogP contribution in [0.25, 0.3) is 0 Å². The first-order chi connectivity index (χ1) is 9.54. The molecule has 0 fully saturated rings. The highest BCUT2D eigenvalue weighted by molar-refractivity contribution is 5.79. The average molecular weight is 277 g/mol. The van der Waals surface area contributed by atoms with Gasteiger partial charge in [0.2, 0.25) is 5.91 Å². The Hall–Kier alpha value is -1.84. The van der Waals surface area contributed by atoms with E-state index in [1.807, 2.05) is 44.2 Å². The second-order valence-electron chi connectivity index (χ2n) is 4.96. The maximum Gasteiger partial charge on any atom is 0.307 e. The molecule has 0 unspecified atom stereocenters. The van der Waals surface area contributed by atoms with E-state index in [-0.39, 0.29) is 24.2 Å². The third-order valence-corrected chi connectivity index (χ3v) is 2.91. The monoisotopic (exact) mass is 277 g/mol. The Bertz CT molecular complexity index is 429. The van der Waals surface area contributed by atoms with Gasteiger partial charge in [-0.25, -0.2) is 0 Å². The number of carbonyl (C=O) groups excluding carboxylic acids is 2. The minimum atomic E-state index is -0.262. The Labute approximate surface area is 120 Å². The molecule has 0 aliphatic carbocycles. The van der Waals surface area contributed by atoms with Crippen molar-refractivity contribution in [1.29, 1.82) is 0 Å². The van der Waals surface area contributed by atoms with Crippen LogP contribution in [0.5, 0.6) is 0 Å². The first-order valence-electron chi connectivity index (χ1n) is 7.03. The van der Waals surface area contributed by atoms with Gasteiger partial charge in [0, 0.05) is 19.0 Å². The first-order valence-corrected chi connectivity index (χ1v) is 7.03. The van der Waals surface area contributed by atoms with Crippen LogP contribution < -0.4 is 0 Å². The molecule has 1 rings (SSSR count). The average Bonchev–Trinajstić information content (AvgIpc) is 2.44. The van der Waals surface area contributed by atoms with Crippen molar-refractivity contribution in [3.8, 4) is 0 Å². The number of hydrogen-bond acceptors (Lipinski definition) is 3. The van der Waals surface area contributed by atoms with E-state index >= 15 is 0 Å². The highest BCUT2D eigenvalue weighted by Crippen LogP contribution is 2.10. The van der Waals surface area contributed by atoms with Crippen LogP contribution in [0.1, 0.15) is 32.8 Å². The van der Waals surface area contributed by atoms with Crippen LogP contribution in [0.4, 0.5) is 0 Å². The van der Waals surface area contributed by atoms with Gasteiger partial charge in [0.05, 0.1) is 13.0 Å². The third kappa shape index (κ3) is 5.43. The summed E-state index contributed by atoms with van der Waals surface area (Å²) in [6, 6.07) is 9.78. The van der Waals surface area contributed by atoms with Crippen molar-refractivity contribution in [3.63, 3.8) is 0 Å². The fourth-order valence-electron chi connectivity index (χ4n) is 1.90. The molecular weight excluding hydrogens is 254 g/mol. The van der Waals surface area contributed by atoms with Crippen LogP contribution in [0.2, 0.25) is 0 Å². The fourth-order valence-corrected chi connectivity index (χ4v) is 1.90. The van der Waals surface area contributed by atoms with Crippen LogP contribution in [0.3, 0.4) is 0 Å². The number of rotatable bonds is 7. The van der Waals surface area contributed by atoms with Crippen LogP contribution in [0, 0.1) is 5.92 Å². The topological polar surface area (TPSA) is 46.6 Å². The maximum atomic E-state index is 12.2.